The van der Waals surface area contributed by atoms with Crippen LogP contribution in [0.5, 0.6) is 0 Å². The van der Waals surface area contributed by atoms with Crippen molar-refractivity contribution >= 4 is 56.8 Å². The first kappa shape index (κ1) is 30.0. The predicted octanol–water partition coefficient (Wildman–Crippen LogP) is 0.0971. The van der Waals surface area contributed by atoms with Crippen LogP contribution in [0.1, 0.15) is 0 Å². The average molecular weight is 129 g/mol. The van der Waals surface area contributed by atoms with Crippen LogP contribution in [0.25, 0.3) is 0 Å². The van der Waals surface area contributed by atoms with Gasteiger partial charge in [-0.25, -0.2) is 0 Å². The van der Waals surface area contributed by atoms with Crippen LogP contribution in [-0.2, 0) is 21.7 Å². The van der Waals surface area contributed by atoms with Crippen molar-refractivity contribution in [2.75, 3.05) is 0 Å². The molecule has 0 aromatic carbocycles. The van der Waals surface area contributed by atoms with E-state index in [1.54, 1.807) is 0 Å². The van der Waals surface area contributed by atoms with Gasteiger partial charge in [-0.2, -0.15) is 0 Å². The smallest absolute Gasteiger partial charge is 0 e. The van der Waals surface area contributed by atoms with Gasteiger partial charge in [0.2, 0.25) is 0 Å². The quantitative estimate of drug-likeness (QED) is 0.321. The molecule has 0 aliphatic rings. The Bertz CT molecular complexity index is 8.00. The normalized spacial score (nSPS) is 0. The zero-order chi connectivity index (χ0) is 0. The van der Waals surface area contributed by atoms with E-state index in [2.05, 4.69) is 0 Å². The molecule has 0 amide bonds. The van der Waals surface area contributed by atoms with E-state index in [1.807, 2.05) is 0 Å². The van der Waals surface area contributed by atoms with Crippen LogP contribution in [0.15, 0.2) is 0 Å². The average Bonchev–Trinajstić information content (AvgIpc) is 0. The van der Waals surface area contributed by atoms with E-state index in [1.165, 1.54) is 0 Å². The van der Waals surface area contributed by atoms with Gasteiger partial charge in [-0.3, -0.25) is 0 Å². The minimum absolute atomic E-state index is 0. The maximum atomic E-state index is 0. The molecule has 0 fully saturated rings. The van der Waals surface area contributed by atoms with E-state index in [9.17, 15) is 0 Å². The van der Waals surface area contributed by atoms with E-state index >= 15 is 0 Å². The largest absolute Gasteiger partial charge is 0 e. The maximum Gasteiger partial charge on any atom is 0 e. The first-order valence-corrected chi connectivity index (χ1v) is 0. The van der Waals surface area contributed by atoms with Gasteiger partial charge in [-0.05, 0) is 0 Å². The van der Waals surface area contributed by atoms with Gasteiger partial charge in [0.05, 0.1) is 0 Å². The van der Waals surface area contributed by atoms with Gasteiger partial charge in [-0.15, -0.1) is 0 Å². The topological polar surface area (TPSA) is 0 Å². The minimum atomic E-state index is 0. The van der Waals surface area contributed by atoms with Crippen molar-refractivity contribution in [1.82, 2.24) is 0 Å². The Labute approximate surface area is 77.4 Å². The summed E-state index contributed by atoms with van der Waals surface area (Å²) in [5, 5.41) is 0. The zero-order valence-electron chi connectivity index (χ0n) is 2.52. The molecule has 0 atom stereocenters. The molecule has 0 aromatic rings. The van der Waals surface area contributed by atoms with Gasteiger partial charge in [0.15, 0.2) is 0 Å². The fourth-order valence-corrected chi connectivity index (χ4v) is 0. The molecule has 0 spiro atoms. The van der Waals surface area contributed by atoms with Crippen LogP contribution in [0, 0.1) is 0 Å². The van der Waals surface area contributed by atoms with Crippen LogP contribution in [0.4, 0.5) is 0 Å². The van der Waals surface area contributed by atoms with Crippen LogP contribution < -0.4 is 0 Å². The summed E-state index contributed by atoms with van der Waals surface area (Å²) < 4.78 is 0. The minimum Gasteiger partial charge on any atom is 0 e. The number of rotatable bonds is 0. The fourth-order valence-electron chi connectivity index (χ4n) is 0. The van der Waals surface area contributed by atoms with Crippen LogP contribution in [0.2, 0.25) is 0 Å². The molecular weight excluding hydrogens is 129 g/mol. The predicted molar refractivity (Wildman–Crippen MR) is 18.4 cm³/mol. The molecule has 7 radical (unpaired) electrons. The van der Waals surface area contributed by atoms with Crippen molar-refractivity contribution < 1.29 is 21.7 Å². The fraction of sp³-hybridized carbons (Fsp3) is 0. The van der Waals surface area contributed by atoms with Gasteiger partial charge in [0.1, 0.15) is 0 Å². The molecule has 4 heavy (non-hydrogen) atoms. The molecular formula is AlNaPTi. The number of hydrogen-bond donors (Lipinski definition) is 0. The van der Waals surface area contributed by atoms with E-state index in [0.29, 0.717) is 0 Å². The summed E-state index contributed by atoms with van der Waals surface area (Å²) in [7, 11) is 0. The summed E-state index contributed by atoms with van der Waals surface area (Å²) >= 11 is 0. The molecule has 4 heteroatoms. The molecule has 0 aliphatic heterocycles. The molecule has 0 bridgehead atoms. The molecule has 0 saturated heterocycles. The standard InChI is InChI=1S/Al.Na.P.Ti. The second-order valence-corrected chi connectivity index (χ2v) is 0. The van der Waals surface area contributed by atoms with Gasteiger partial charge < -0.3 is 0 Å². The third-order valence-corrected chi connectivity index (χ3v) is 0. The number of hydrogen-bond acceptors (Lipinski definition) is 0. The first-order chi connectivity index (χ1) is 0. The second-order valence-electron chi connectivity index (χ2n) is 0. The Morgan fingerprint density at radius 1 is 1.00 bits per heavy atom. The van der Waals surface area contributed by atoms with Gasteiger partial charge in [-0.1, -0.05) is 0 Å². The Kier molecular flexibility index (Phi) is 130. The Hall–Kier alpha value is 2.68. The molecule has 0 heterocycles. The van der Waals surface area contributed by atoms with E-state index in [0.717, 1.165) is 0 Å². The molecule has 0 saturated carbocycles. The van der Waals surface area contributed by atoms with E-state index in [4.69, 9.17) is 0 Å². The summed E-state index contributed by atoms with van der Waals surface area (Å²) in [5.41, 5.74) is 0. The van der Waals surface area contributed by atoms with E-state index in [-0.39, 0.29) is 78.5 Å². The third kappa shape index (κ3) is 8.82. The Morgan fingerprint density at radius 2 is 1.00 bits per heavy atom. The molecule has 13 valence electrons. The first-order valence-electron chi connectivity index (χ1n) is 0. The summed E-state index contributed by atoms with van der Waals surface area (Å²) in [5.74, 6) is 0. The molecule has 0 nitrogen and oxygen atoms in total. The molecule has 0 aliphatic carbocycles. The van der Waals surface area contributed by atoms with Crippen molar-refractivity contribution in [2.24, 2.45) is 0 Å². The summed E-state index contributed by atoms with van der Waals surface area (Å²) in [6.45, 7) is 0. The van der Waals surface area contributed by atoms with Crippen molar-refractivity contribution in [3.63, 3.8) is 0 Å². The van der Waals surface area contributed by atoms with Gasteiger partial charge in [0, 0.05) is 78.5 Å². The van der Waals surface area contributed by atoms with Crippen molar-refractivity contribution in [2.45, 2.75) is 0 Å². The van der Waals surface area contributed by atoms with Crippen LogP contribution >= 0.6 is 9.90 Å². The van der Waals surface area contributed by atoms with E-state index < -0.39 is 0 Å². The maximum absolute atomic E-state index is 0. The summed E-state index contributed by atoms with van der Waals surface area (Å²) in [4.78, 5) is 0. The molecule has 0 aromatic heterocycles. The molecule has 0 unspecified atom stereocenters. The Morgan fingerprint density at radius 3 is 1.00 bits per heavy atom. The van der Waals surface area contributed by atoms with Crippen LogP contribution in [-0.4, -0.2) is 46.9 Å². The monoisotopic (exact) mass is 129 g/mol. The summed E-state index contributed by atoms with van der Waals surface area (Å²) in [6, 6.07) is 0. The second kappa shape index (κ2) is 17.3. The van der Waals surface area contributed by atoms with Gasteiger partial charge >= 0.3 is 0 Å². The van der Waals surface area contributed by atoms with Gasteiger partial charge in [0.25, 0.3) is 0 Å². The van der Waals surface area contributed by atoms with Crippen molar-refractivity contribution in [3.8, 4) is 0 Å². The van der Waals surface area contributed by atoms with Crippen molar-refractivity contribution in [1.29, 1.82) is 0 Å². The molecule has 0 N–H and O–H groups in total. The SMILES string of the molecule is [Al].[Na].[P].[Ti]. The third-order valence-electron chi connectivity index (χ3n) is 0. The van der Waals surface area contributed by atoms with Crippen molar-refractivity contribution in [3.05, 3.63) is 0 Å². The summed E-state index contributed by atoms with van der Waals surface area (Å²) in [6.07, 6.45) is 0. The Balaban J connectivity index is 0. The zero-order valence-corrected chi connectivity index (χ0v) is 8.14. The molecule has 0 rings (SSSR count). The van der Waals surface area contributed by atoms with Crippen LogP contribution in [0.3, 0.4) is 0 Å².